The fraction of sp³-hybridized carbons (Fsp3) is 0.0769. The first-order valence-corrected chi connectivity index (χ1v) is 7.00. The quantitative estimate of drug-likeness (QED) is 0.902. The second-order valence-corrected chi connectivity index (χ2v) is 4.82. The lowest BCUT2D eigenvalue weighted by atomic mass is 10.3. The summed E-state index contributed by atoms with van der Waals surface area (Å²) >= 11 is 0. The zero-order valence-corrected chi connectivity index (χ0v) is 11.3. The van der Waals surface area contributed by atoms with Crippen molar-refractivity contribution in [3.8, 4) is 5.75 Å². The molecule has 5 nitrogen and oxygen atoms in total. The number of rotatable bonds is 3. The molecule has 2 rings (SSSR count). The van der Waals surface area contributed by atoms with Gasteiger partial charge in [-0.25, -0.2) is 5.14 Å². The molecule has 19 heavy (non-hydrogen) atoms. The third-order valence-corrected chi connectivity index (χ3v) is 2.54. The van der Waals surface area contributed by atoms with Crippen LogP contribution in [0.5, 0.6) is 5.75 Å². The molecule has 0 saturated carbocycles. The summed E-state index contributed by atoms with van der Waals surface area (Å²) in [6, 6.07) is 18.4. The number of ether oxygens (including phenoxy) is 1. The van der Waals surface area contributed by atoms with Crippen molar-refractivity contribution < 1.29 is 13.2 Å². The molecule has 0 aliphatic rings. The van der Waals surface area contributed by atoms with Gasteiger partial charge >= 0.3 is 0 Å². The van der Waals surface area contributed by atoms with E-state index in [2.05, 4.69) is 4.72 Å². The maximum atomic E-state index is 10.6. The molecule has 0 bridgehead atoms. The highest BCUT2D eigenvalue weighted by Crippen LogP contribution is 2.15. The highest BCUT2D eigenvalue weighted by Gasteiger charge is 2.01. The first kappa shape index (κ1) is 15.0. The smallest absolute Gasteiger partial charge is 0.296 e. The van der Waals surface area contributed by atoms with Crippen molar-refractivity contribution in [2.75, 3.05) is 11.8 Å². The molecule has 0 radical (unpaired) electrons. The highest BCUT2D eigenvalue weighted by molar-refractivity contribution is 7.90. The molecule has 0 amide bonds. The number of nitrogens with two attached hydrogens (primary N) is 1. The minimum Gasteiger partial charge on any atom is -0.497 e. The van der Waals surface area contributed by atoms with Crippen molar-refractivity contribution >= 4 is 15.9 Å². The van der Waals surface area contributed by atoms with Gasteiger partial charge in [0.05, 0.1) is 7.11 Å². The first-order chi connectivity index (χ1) is 9.01. The second-order valence-electron chi connectivity index (χ2n) is 3.53. The molecule has 2 aromatic carbocycles. The van der Waals surface area contributed by atoms with E-state index < -0.39 is 10.2 Å². The van der Waals surface area contributed by atoms with E-state index in [1.165, 1.54) is 7.11 Å². The molecule has 0 fully saturated rings. The predicted molar refractivity (Wildman–Crippen MR) is 76.2 cm³/mol. The van der Waals surface area contributed by atoms with E-state index in [9.17, 15) is 8.42 Å². The molecule has 6 heteroatoms. The summed E-state index contributed by atoms with van der Waals surface area (Å²) in [5.41, 5.74) is 0.406. The van der Waals surface area contributed by atoms with E-state index in [-0.39, 0.29) is 0 Å². The van der Waals surface area contributed by atoms with Crippen LogP contribution in [-0.4, -0.2) is 15.5 Å². The van der Waals surface area contributed by atoms with Gasteiger partial charge in [0, 0.05) is 5.69 Å². The average Bonchev–Trinajstić information content (AvgIpc) is 2.40. The summed E-state index contributed by atoms with van der Waals surface area (Å²) in [4.78, 5) is 0. The van der Waals surface area contributed by atoms with Gasteiger partial charge in [0.2, 0.25) is 0 Å². The van der Waals surface area contributed by atoms with Gasteiger partial charge in [0.15, 0.2) is 0 Å². The van der Waals surface area contributed by atoms with Crippen LogP contribution in [-0.2, 0) is 10.2 Å². The average molecular weight is 280 g/mol. The van der Waals surface area contributed by atoms with Crippen molar-refractivity contribution in [2.45, 2.75) is 0 Å². The Labute approximate surface area is 113 Å². The maximum absolute atomic E-state index is 10.6. The minimum absolute atomic E-state index is 0.406. The Morgan fingerprint density at radius 2 is 1.37 bits per heavy atom. The van der Waals surface area contributed by atoms with Crippen LogP contribution in [0.1, 0.15) is 0 Å². The number of hydrogen-bond acceptors (Lipinski definition) is 3. The molecule has 0 atom stereocenters. The fourth-order valence-electron chi connectivity index (χ4n) is 1.21. The van der Waals surface area contributed by atoms with E-state index in [1.807, 2.05) is 36.4 Å². The lowest BCUT2D eigenvalue weighted by Gasteiger charge is -2.03. The molecule has 2 aromatic rings. The number of nitrogens with one attached hydrogen (secondary N) is 1. The summed E-state index contributed by atoms with van der Waals surface area (Å²) in [5.74, 6) is 0.653. The van der Waals surface area contributed by atoms with Crippen molar-refractivity contribution in [2.24, 2.45) is 5.14 Å². The molecule has 102 valence electrons. The normalized spacial score (nSPS) is 10.0. The van der Waals surface area contributed by atoms with E-state index in [1.54, 1.807) is 24.3 Å². The topological polar surface area (TPSA) is 81.4 Å². The van der Waals surface area contributed by atoms with Gasteiger partial charge in [-0.15, -0.1) is 0 Å². The summed E-state index contributed by atoms with van der Waals surface area (Å²) in [5, 5.41) is 4.77. The van der Waals surface area contributed by atoms with Crippen LogP contribution >= 0.6 is 0 Å². The Morgan fingerprint density at radius 3 is 1.68 bits per heavy atom. The van der Waals surface area contributed by atoms with Crippen LogP contribution in [0.4, 0.5) is 5.69 Å². The van der Waals surface area contributed by atoms with Gasteiger partial charge in [-0.05, 0) is 24.3 Å². The standard InChI is InChI=1S/C7H10N2O3S.C6H6/c1-12-7-4-2-6(3-5-7)9-13(8,10)11;1-2-4-6-5-3-1/h2-5,9H,1H3,(H2,8,10,11);1-6H. The molecule has 0 saturated heterocycles. The van der Waals surface area contributed by atoms with E-state index in [0.29, 0.717) is 11.4 Å². The van der Waals surface area contributed by atoms with Gasteiger partial charge < -0.3 is 4.74 Å². The first-order valence-electron chi connectivity index (χ1n) is 5.46. The summed E-state index contributed by atoms with van der Waals surface area (Å²) in [6.45, 7) is 0. The van der Waals surface area contributed by atoms with Gasteiger partial charge in [-0.1, -0.05) is 36.4 Å². The van der Waals surface area contributed by atoms with Crippen LogP contribution in [0.25, 0.3) is 0 Å². The zero-order valence-electron chi connectivity index (χ0n) is 10.5. The third kappa shape index (κ3) is 7.07. The Kier molecular flexibility index (Phi) is 5.84. The molecular weight excluding hydrogens is 264 g/mol. The number of methoxy groups -OCH3 is 1. The van der Waals surface area contributed by atoms with Crippen LogP contribution < -0.4 is 14.6 Å². The lowest BCUT2D eigenvalue weighted by Crippen LogP contribution is -2.21. The molecule has 0 unspecified atom stereocenters. The van der Waals surface area contributed by atoms with Crippen molar-refractivity contribution in [3.63, 3.8) is 0 Å². The van der Waals surface area contributed by atoms with Gasteiger partial charge in [0.25, 0.3) is 10.2 Å². The van der Waals surface area contributed by atoms with E-state index >= 15 is 0 Å². The number of benzene rings is 2. The third-order valence-electron chi connectivity index (χ3n) is 2.02. The fourth-order valence-corrected chi connectivity index (χ4v) is 1.67. The SMILES string of the molecule is COc1ccc(NS(N)(=O)=O)cc1.c1ccccc1. The number of hydrogen-bond donors (Lipinski definition) is 2. The van der Waals surface area contributed by atoms with Crippen LogP contribution in [0.2, 0.25) is 0 Å². The predicted octanol–water partition coefficient (Wildman–Crippen LogP) is 2.00. The van der Waals surface area contributed by atoms with Gasteiger partial charge in [-0.3, -0.25) is 4.72 Å². The molecule has 0 aliphatic heterocycles. The number of anilines is 1. The van der Waals surface area contributed by atoms with Gasteiger partial charge in [-0.2, -0.15) is 8.42 Å². The summed E-state index contributed by atoms with van der Waals surface area (Å²) in [6.07, 6.45) is 0. The van der Waals surface area contributed by atoms with Crippen LogP contribution in [0.15, 0.2) is 60.7 Å². The molecule has 3 N–H and O–H groups in total. The van der Waals surface area contributed by atoms with Crippen molar-refractivity contribution in [1.29, 1.82) is 0 Å². The molecule has 0 spiro atoms. The Hall–Kier alpha value is -2.05. The van der Waals surface area contributed by atoms with E-state index in [4.69, 9.17) is 9.88 Å². The molecule has 0 heterocycles. The summed E-state index contributed by atoms with van der Waals surface area (Å²) in [7, 11) is -2.16. The van der Waals surface area contributed by atoms with Crippen molar-refractivity contribution in [3.05, 3.63) is 60.7 Å². The lowest BCUT2D eigenvalue weighted by molar-refractivity contribution is 0.415. The second kappa shape index (κ2) is 7.40. The molecule has 0 aromatic heterocycles. The monoisotopic (exact) mass is 280 g/mol. The minimum atomic E-state index is -3.69. The Balaban J connectivity index is 0.000000250. The molecule has 0 aliphatic carbocycles. The largest absolute Gasteiger partial charge is 0.497 e. The summed E-state index contributed by atoms with van der Waals surface area (Å²) < 4.78 is 28.2. The van der Waals surface area contributed by atoms with Gasteiger partial charge in [0.1, 0.15) is 5.75 Å². The highest BCUT2D eigenvalue weighted by atomic mass is 32.2. The maximum Gasteiger partial charge on any atom is 0.296 e. The van der Waals surface area contributed by atoms with Crippen molar-refractivity contribution in [1.82, 2.24) is 0 Å². The zero-order chi connectivity index (χ0) is 14.1. The Bertz CT molecular complexity index is 542. The molecular formula is C13H16N2O3S. The van der Waals surface area contributed by atoms with Crippen LogP contribution in [0, 0.1) is 0 Å². The van der Waals surface area contributed by atoms with E-state index in [0.717, 1.165) is 0 Å². The van der Waals surface area contributed by atoms with Crippen LogP contribution in [0.3, 0.4) is 0 Å². The Morgan fingerprint density at radius 1 is 0.947 bits per heavy atom.